The number of nitrogens with zero attached hydrogens (tertiary/aromatic N) is 3. The maximum Gasteiger partial charge on any atom is 0.412 e. The Morgan fingerprint density at radius 1 is 1.18 bits per heavy atom. The molecule has 5 aliphatic rings. The summed E-state index contributed by atoms with van der Waals surface area (Å²) in [5.41, 5.74) is 1.35. The molecule has 3 atom stereocenters. The monoisotopic (exact) mass is 463 g/mol. The van der Waals surface area contributed by atoms with E-state index in [0.29, 0.717) is 11.7 Å². The number of hydrogen-bond donors (Lipinski definition) is 0. The number of amides is 1. The van der Waals surface area contributed by atoms with Crippen molar-refractivity contribution in [2.24, 2.45) is 39.7 Å². The lowest BCUT2D eigenvalue weighted by atomic mass is 9.80. The number of carbonyl (C=O) groups excluding carboxylic acids is 1. The summed E-state index contributed by atoms with van der Waals surface area (Å²) in [7, 11) is 0. The minimum atomic E-state index is -4.31. The second-order valence-corrected chi connectivity index (χ2v) is 10.5. The van der Waals surface area contributed by atoms with Crippen molar-refractivity contribution in [3.8, 4) is 0 Å². The highest BCUT2D eigenvalue weighted by Gasteiger charge is 2.46. The number of alkyl halides is 3. The third-order valence-corrected chi connectivity index (χ3v) is 8.05. The lowest BCUT2D eigenvalue weighted by Gasteiger charge is -2.33. The van der Waals surface area contributed by atoms with Gasteiger partial charge < -0.3 is 9.74 Å². The van der Waals surface area contributed by atoms with E-state index < -0.39 is 11.7 Å². The molecule has 3 fully saturated rings. The van der Waals surface area contributed by atoms with E-state index in [1.807, 2.05) is 0 Å². The van der Waals surface area contributed by atoms with E-state index in [-0.39, 0.29) is 30.1 Å². The van der Waals surface area contributed by atoms with Crippen LogP contribution in [-0.4, -0.2) is 48.0 Å². The molecule has 1 amide bonds. The first kappa shape index (κ1) is 22.8. The zero-order chi connectivity index (χ0) is 23.2. The molecular formula is C25H32F3N3O2. The van der Waals surface area contributed by atoms with Crippen molar-refractivity contribution in [3.63, 3.8) is 0 Å². The molecule has 33 heavy (non-hydrogen) atoms. The highest BCUT2D eigenvalue weighted by molar-refractivity contribution is 5.97. The van der Waals surface area contributed by atoms with Crippen molar-refractivity contribution in [2.75, 3.05) is 19.6 Å². The van der Waals surface area contributed by atoms with Crippen LogP contribution in [0.2, 0.25) is 0 Å². The number of likely N-dealkylation sites (tertiary alicyclic amines) is 1. The Morgan fingerprint density at radius 3 is 2.61 bits per heavy atom. The van der Waals surface area contributed by atoms with E-state index >= 15 is 0 Å². The standard InChI is InChI=1S/C25H32F3N3O2/c1-15-2-5-19(6-3-15)29-24(32)20-12-17(20)14-31-10-8-16(9-11-31)23-21-13-18(25(26,27)28)4-7-22(21)33-30-23/h4,7,15-17,20-21H,2-3,5-6,8-14H2,1H3/t15?,17-,20+,21?/m0/s1. The van der Waals surface area contributed by atoms with Crippen LogP contribution in [0, 0.1) is 29.6 Å². The van der Waals surface area contributed by atoms with Crippen LogP contribution in [-0.2, 0) is 9.63 Å². The predicted molar refractivity (Wildman–Crippen MR) is 120 cm³/mol. The van der Waals surface area contributed by atoms with Crippen LogP contribution < -0.4 is 0 Å². The SMILES string of the molecule is CC1CCC(=NC(=O)[C@@H]2C[C@H]2CN2CCC(C3=NOC4=CC=C(C(F)(F)F)CC43)CC2)CC1. The fourth-order valence-corrected chi connectivity index (χ4v) is 5.71. The first-order chi connectivity index (χ1) is 15.8. The van der Waals surface area contributed by atoms with Gasteiger partial charge in [0.05, 0.1) is 11.6 Å². The molecule has 2 aliphatic heterocycles. The maximum atomic E-state index is 13.2. The molecule has 2 heterocycles. The number of aliphatic imine (C=N–C) groups is 1. The molecule has 3 aliphatic carbocycles. The van der Waals surface area contributed by atoms with Gasteiger partial charge >= 0.3 is 6.18 Å². The highest BCUT2D eigenvalue weighted by Crippen LogP contribution is 2.43. The number of rotatable bonds is 4. The Bertz CT molecular complexity index is 902. The minimum Gasteiger partial charge on any atom is -0.361 e. The van der Waals surface area contributed by atoms with Crippen molar-refractivity contribution in [1.29, 1.82) is 0 Å². The average molecular weight is 464 g/mol. The largest absolute Gasteiger partial charge is 0.412 e. The van der Waals surface area contributed by atoms with Crippen molar-refractivity contribution in [1.82, 2.24) is 4.90 Å². The summed E-state index contributed by atoms with van der Waals surface area (Å²) < 4.78 is 39.5. The number of halogens is 3. The maximum absolute atomic E-state index is 13.2. The van der Waals surface area contributed by atoms with Crippen molar-refractivity contribution in [2.45, 2.75) is 64.5 Å². The number of carbonyl (C=O) groups is 1. The van der Waals surface area contributed by atoms with Crippen LogP contribution in [0.25, 0.3) is 0 Å². The van der Waals surface area contributed by atoms with E-state index in [1.165, 1.54) is 6.08 Å². The average Bonchev–Trinajstić information content (AvgIpc) is 3.43. The molecule has 1 unspecified atom stereocenters. The number of oxime groups is 1. The predicted octanol–water partition coefficient (Wildman–Crippen LogP) is 5.29. The van der Waals surface area contributed by atoms with Crippen molar-refractivity contribution in [3.05, 3.63) is 23.5 Å². The summed E-state index contributed by atoms with van der Waals surface area (Å²) >= 11 is 0. The van der Waals surface area contributed by atoms with Crippen LogP contribution in [0.15, 0.2) is 33.6 Å². The Balaban J connectivity index is 1.08. The molecule has 2 saturated carbocycles. The number of hydrogen-bond acceptors (Lipinski definition) is 4. The number of allylic oxidation sites excluding steroid dienone is 4. The van der Waals surface area contributed by atoms with Gasteiger partial charge in [-0.3, -0.25) is 4.79 Å². The molecule has 0 aromatic rings. The first-order valence-electron chi connectivity index (χ1n) is 12.3. The van der Waals surface area contributed by atoms with Crippen molar-refractivity contribution >= 4 is 17.3 Å². The summed E-state index contributed by atoms with van der Waals surface area (Å²) in [4.78, 5) is 24.7. The summed E-state index contributed by atoms with van der Waals surface area (Å²) in [6.07, 6.45) is 4.99. The Morgan fingerprint density at radius 2 is 1.91 bits per heavy atom. The van der Waals surface area contributed by atoms with Crippen LogP contribution >= 0.6 is 0 Å². The molecule has 0 N–H and O–H groups in total. The normalized spacial score (nSPS) is 33.0. The summed E-state index contributed by atoms with van der Waals surface area (Å²) in [6.45, 7) is 4.92. The zero-order valence-electron chi connectivity index (χ0n) is 19.1. The van der Waals surface area contributed by atoms with E-state index in [4.69, 9.17) is 4.84 Å². The Hall–Kier alpha value is -1.96. The molecule has 5 rings (SSSR count). The quantitative estimate of drug-likeness (QED) is 0.569. The molecule has 5 nitrogen and oxygen atoms in total. The van der Waals surface area contributed by atoms with Crippen LogP contribution in [0.4, 0.5) is 13.2 Å². The van der Waals surface area contributed by atoms with Crippen molar-refractivity contribution < 1.29 is 22.8 Å². The Kier molecular flexibility index (Phi) is 6.23. The lowest BCUT2D eigenvalue weighted by Crippen LogP contribution is -2.39. The molecule has 8 heteroatoms. The molecule has 0 radical (unpaired) electrons. The molecule has 0 spiro atoms. The lowest BCUT2D eigenvalue weighted by molar-refractivity contribution is -0.119. The number of piperidine rings is 1. The fraction of sp³-hybridized carbons (Fsp3) is 0.720. The third-order valence-electron chi connectivity index (χ3n) is 8.05. The van der Waals surface area contributed by atoms with Gasteiger partial charge in [0.15, 0.2) is 0 Å². The third kappa shape index (κ3) is 5.10. The topological polar surface area (TPSA) is 54.3 Å². The van der Waals surface area contributed by atoms with Crippen LogP contribution in [0.3, 0.4) is 0 Å². The van der Waals surface area contributed by atoms with E-state index in [2.05, 4.69) is 22.0 Å². The second-order valence-electron chi connectivity index (χ2n) is 10.5. The minimum absolute atomic E-state index is 0.0713. The van der Waals surface area contributed by atoms with Gasteiger partial charge in [-0.1, -0.05) is 18.2 Å². The summed E-state index contributed by atoms with van der Waals surface area (Å²) in [5, 5.41) is 4.18. The van der Waals surface area contributed by atoms with Crippen LogP contribution in [0.1, 0.15) is 58.3 Å². The van der Waals surface area contributed by atoms with Gasteiger partial charge in [-0.2, -0.15) is 13.2 Å². The summed E-state index contributed by atoms with van der Waals surface area (Å²) in [6, 6.07) is 0. The molecular weight excluding hydrogens is 431 g/mol. The Labute approximate surface area is 192 Å². The van der Waals surface area contributed by atoms with E-state index in [0.717, 1.165) is 88.0 Å². The van der Waals surface area contributed by atoms with E-state index in [1.54, 1.807) is 0 Å². The molecule has 0 bridgehead atoms. The van der Waals surface area contributed by atoms with Gasteiger partial charge in [-0.05, 0) is 82.4 Å². The summed E-state index contributed by atoms with van der Waals surface area (Å²) in [5.74, 6) is 1.58. The van der Waals surface area contributed by atoms with Gasteiger partial charge in [0.1, 0.15) is 5.76 Å². The molecule has 0 aromatic heterocycles. The fourth-order valence-electron chi connectivity index (χ4n) is 5.71. The van der Waals surface area contributed by atoms with E-state index in [9.17, 15) is 18.0 Å². The molecule has 1 saturated heterocycles. The highest BCUT2D eigenvalue weighted by atomic mass is 19.4. The van der Waals surface area contributed by atoms with Gasteiger partial charge in [-0.15, -0.1) is 0 Å². The number of fused-ring (bicyclic) bond motifs is 1. The van der Waals surface area contributed by atoms with Gasteiger partial charge in [0, 0.05) is 29.7 Å². The van der Waals surface area contributed by atoms with Gasteiger partial charge in [-0.25, -0.2) is 4.99 Å². The van der Waals surface area contributed by atoms with Gasteiger partial charge in [0.2, 0.25) is 5.91 Å². The van der Waals surface area contributed by atoms with Crippen LogP contribution in [0.5, 0.6) is 0 Å². The second kappa shape index (κ2) is 9.01. The molecule has 0 aromatic carbocycles. The smallest absolute Gasteiger partial charge is 0.361 e. The molecule has 180 valence electrons. The first-order valence-corrected chi connectivity index (χ1v) is 12.3. The zero-order valence-corrected chi connectivity index (χ0v) is 19.1. The van der Waals surface area contributed by atoms with Gasteiger partial charge in [0.25, 0.3) is 0 Å².